The average Bonchev–Trinajstić information content (AvgIpc) is 3.05. The van der Waals surface area contributed by atoms with Gasteiger partial charge in [0.25, 0.3) is 0 Å². The first-order chi connectivity index (χ1) is 17.7. The predicted octanol–water partition coefficient (Wildman–Crippen LogP) is 2.30. The fourth-order valence-electron chi connectivity index (χ4n) is 3.54. The van der Waals surface area contributed by atoms with Crippen molar-refractivity contribution >= 4 is 19.5 Å². The number of aryl methyl sites for hydroxylation is 1. The highest BCUT2D eigenvalue weighted by molar-refractivity contribution is 7.51. The molecule has 1 aromatic carbocycles. The summed E-state index contributed by atoms with van der Waals surface area (Å²) in [5.74, 6) is -4.87. The Bertz CT molecular complexity index is 1240. The van der Waals surface area contributed by atoms with E-state index < -0.39 is 62.5 Å². The Morgan fingerprint density at radius 3 is 2.61 bits per heavy atom. The number of nitrogens with two attached hydrogens (primary N) is 1. The minimum Gasteiger partial charge on any atom is -0.462 e. The number of hydrogen-bond acceptors (Lipinski definition) is 10. The van der Waals surface area contributed by atoms with E-state index >= 15 is 0 Å². The molecule has 0 unspecified atom stereocenters. The first kappa shape index (κ1) is 29.8. The second kappa shape index (κ2) is 12.0. The molecule has 38 heavy (non-hydrogen) atoms. The number of benzene rings is 1. The average molecular weight is 560 g/mol. The van der Waals surface area contributed by atoms with Crippen molar-refractivity contribution in [2.75, 3.05) is 12.3 Å². The number of nitrogens with zero attached hydrogens (tertiary/aromatic N) is 2. The lowest BCUT2D eigenvalue weighted by Gasteiger charge is -2.25. The molecule has 4 N–H and O–H groups in total. The van der Waals surface area contributed by atoms with E-state index in [2.05, 4.69) is 10.1 Å². The molecule has 12 nitrogen and oxygen atoms in total. The Hall–Kier alpha value is -2.74. The molecule has 210 valence electrons. The Labute approximate surface area is 217 Å². The molecule has 0 radical (unpaired) electrons. The van der Waals surface area contributed by atoms with Gasteiger partial charge in [-0.25, -0.2) is 14.4 Å². The van der Waals surface area contributed by atoms with E-state index in [-0.39, 0.29) is 12.4 Å². The van der Waals surface area contributed by atoms with Crippen molar-refractivity contribution in [1.82, 2.24) is 14.6 Å². The summed E-state index contributed by atoms with van der Waals surface area (Å²) < 4.78 is 65.0. The number of aliphatic hydroxyl groups excluding tert-OH is 1. The topological polar surface area (TPSA) is 164 Å². The van der Waals surface area contributed by atoms with E-state index in [1.54, 1.807) is 45.0 Å². The molecule has 1 fully saturated rings. The van der Waals surface area contributed by atoms with Gasteiger partial charge in [0, 0.05) is 6.20 Å². The quantitative estimate of drug-likeness (QED) is 0.273. The van der Waals surface area contributed by atoms with Crippen LogP contribution in [0.4, 0.5) is 14.6 Å². The van der Waals surface area contributed by atoms with Crippen LogP contribution in [0.2, 0.25) is 0 Å². The molecule has 15 heteroatoms. The number of alkyl halides is 2. The van der Waals surface area contributed by atoms with Crippen molar-refractivity contribution in [3.05, 3.63) is 58.1 Å². The van der Waals surface area contributed by atoms with Crippen LogP contribution in [-0.4, -0.2) is 57.5 Å². The first-order valence-corrected chi connectivity index (χ1v) is 13.3. The standard InChI is InChI=1S/C23H31F2N4O8P/c1-13(2)36-20(31)15(4)28-38(33,34-11-16-8-6-5-7-14(16)3)35-12-17-19(30)23(24,25)21(37-17)29-10-9-18(26)27-22(29)32/h5-10,13,15,17,19,21,30H,11-12H2,1-4H3,(H,28,33)(H2,26,27,32)/t15-,17-,19-,21-,38-/m1/s1. The number of ether oxygens (including phenoxy) is 2. The Morgan fingerprint density at radius 2 is 1.97 bits per heavy atom. The Kier molecular flexibility index (Phi) is 9.39. The van der Waals surface area contributed by atoms with Gasteiger partial charge in [0.2, 0.25) is 6.23 Å². The summed E-state index contributed by atoms with van der Waals surface area (Å²) in [5.41, 5.74) is 5.77. The molecule has 5 atom stereocenters. The maximum Gasteiger partial charge on any atom is 0.406 e. The smallest absolute Gasteiger partial charge is 0.406 e. The van der Waals surface area contributed by atoms with Gasteiger partial charge in [-0.15, -0.1) is 0 Å². The molecule has 1 saturated heterocycles. The minimum atomic E-state index is -4.37. The number of esters is 1. The lowest BCUT2D eigenvalue weighted by molar-refractivity contribution is -0.149. The van der Waals surface area contributed by atoms with Gasteiger partial charge in [0.05, 0.1) is 19.3 Å². The van der Waals surface area contributed by atoms with E-state index in [1.165, 1.54) is 6.92 Å². The summed E-state index contributed by atoms with van der Waals surface area (Å²) in [5, 5.41) is 12.7. The van der Waals surface area contributed by atoms with Crippen molar-refractivity contribution in [2.45, 2.75) is 70.8 Å². The normalized spacial score (nSPS) is 23.2. The van der Waals surface area contributed by atoms with Crippen LogP contribution in [0, 0.1) is 6.92 Å². The third-order valence-corrected chi connectivity index (χ3v) is 7.26. The number of aromatic nitrogens is 2. The molecule has 1 aliphatic rings. The number of aliphatic hydroxyl groups is 1. The Balaban J connectivity index is 1.78. The third kappa shape index (κ3) is 7.01. The van der Waals surface area contributed by atoms with Crippen molar-refractivity contribution in [3.63, 3.8) is 0 Å². The van der Waals surface area contributed by atoms with Crippen LogP contribution in [-0.2, 0) is 34.5 Å². The van der Waals surface area contributed by atoms with Gasteiger partial charge in [-0.3, -0.25) is 18.4 Å². The lowest BCUT2D eigenvalue weighted by Crippen LogP contribution is -2.42. The summed E-state index contributed by atoms with van der Waals surface area (Å²) in [6.45, 7) is 5.39. The monoisotopic (exact) mass is 560 g/mol. The van der Waals surface area contributed by atoms with Crippen molar-refractivity contribution < 1.29 is 41.8 Å². The summed E-state index contributed by atoms with van der Waals surface area (Å²) in [6, 6.07) is 7.03. The molecule has 2 heterocycles. The number of carbonyl (C=O) groups excluding carboxylic acids is 1. The number of anilines is 1. The van der Waals surface area contributed by atoms with Crippen LogP contribution < -0.4 is 16.5 Å². The van der Waals surface area contributed by atoms with Gasteiger partial charge in [-0.2, -0.15) is 13.8 Å². The molecule has 1 aliphatic heterocycles. The summed E-state index contributed by atoms with van der Waals surface area (Å²) in [4.78, 5) is 27.8. The molecule has 0 aliphatic carbocycles. The molecule has 0 saturated carbocycles. The van der Waals surface area contributed by atoms with E-state index in [0.29, 0.717) is 10.1 Å². The zero-order valence-electron chi connectivity index (χ0n) is 21.2. The Morgan fingerprint density at radius 1 is 1.29 bits per heavy atom. The van der Waals surface area contributed by atoms with Crippen LogP contribution in [0.3, 0.4) is 0 Å². The fourth-order valence-corrected chi connectivity index (χ4v) is 5.00. The second-order valence-electron chi connectivity index (χ2n) is 9.02. The summed E-state index contributed by atoms with van der Waals surface area (Å²) >= 11 is 0. The minimum absolute atomic E-state index is 0.184. The van der Waals surface area contributed by atoms with Crippen LogP contribution >= 0.6 is 7.75 Å². The molecular formula is C23H31F2N4O8P. The molecular weight excluding hydrogens is 529 g/mol. The third-order valence-electron chi connectivity index (χ3n) is 5.60. The fraction of sp³-hybridized carbons (Fsp3) is 0.522. The number of rotatable bonds is 11. The van der Waals surface area contributed by atoms with Crippen molar-refractivity contribution in [1.29, 1.82) is 0 Å². The zero-order valence-corrected chi connectivity index (χ0v) is 22.1. The maximum atomic E-state index is 14.9. The van der Waals surface area contributed by atoms with Crippen LogP contribution in [0.25, 0.3) is 0 Å². The number of nitrogen functional groups attached to an aromatic ring is 1. The number of nitrogens with one attached hydrogen (secondary N) is 1. The van der Waals surface area contributed by atoms with Crippen molar-refractivity contribution in [3.8, 4) is 0 Å². The predicted molar refractivity (Wildman–Crippen MR) is 131 cm³/mol. The highest BCUT2D eigenvalue weighted by Crippen LogP contribution is 2.48. The van der Waals surface area contributed by atoms with Crippen LogP contribution in [0.15, 0.2) is 41.3 Å². The van der Waals surface area contributed by atoms with Crippen LogP contribution in [0.5, 0.6) is 0 Å². The van der Waals surface area contributed by atoms with Gasteiger partial charge in [-0.1, -0.05) is 24.3 Å². The molecule has 0 bridgehead atoms. The molecule has 2 aromatic rings. The molecule has 0 amide bonds. The van der Waals surface area contributed by atoms with Gasteiger partial charge >= 0.3 is 25.3 Å². The highest BCUT2D eigenvalue weighted by Gasteiger charge is 2.60. The lowest BCUT2D eigenvalue weighted by atomic mass is 10.1. The SMILES string of the molecule is Cc1ccccc1CO[P@](=O)(N[C@H](C)C(=O)OC(C)C)OC[C@H]1O[C@@H](n2ccc(N)nc2=O)C(F)(F)[C@@H]1O. The van der Waals surface area contributed by atoms with E-state index in [0.717, 1.165) is 17.8 Å². The highest BCUT2D eigenvalue weighted by atomic mass is 31.2. The van der Waals surface area contributed by atoms with Gasteiger partial charge < -0.3 is 20.3 Å². The molecule has 3 rings (SSSR count). The number of halogens is 2. The van der Waals surface area contributed by atoms with E-state index in [4.69, 9.17) is 24.3 Å². The largest absolute Gasteiger partial charge is 0.462 e. The first-order valence-electron chi connectivity index (χ1n) is 11.7. The zero-order chi connectivity index (χ0) is 28.3. The van der Waals surface area contributed by atoms with E-state index in [1.807, 2.05) is 0 Å². The summed E-state index contributed by atoms with van der Waals surface area (Å²) in [6.07, 6.45) is -5.89. The van der Waals surface area contributed by atoms with Crippen molar-refractivity contribution in [2.24, 2.45) is 0 Å². The van der Waals surface area contributed by atoms with Crippen LogP contribution in [0.1, 0.15) is 38.1 Å². The maximum absolute atomic E-state index is 14.9. The molecule has 1 aromatic heterocycles. The molecule has 0 spiro atoms. The van der Waals surface area contributed by atoms with E-state index in [9.17, 15) is 28.0 Å². The summed E-state index contributed by atoms with van der Waals surface area (Å²) in [7, 11) is -4.37. The van der Waals surface area contributed by atoms with Gasteiger partial charge in [-0.05, 0) is 44.9 Å². The number of carbonyl (C=O) groups is 1. The van der Waals surface area contributed by atoms with Gasteiger partial charge in [0.15, 0.2) is 6.10 Å². The number of hydrogen-bond donors (Lipinski definition) is 3. The van der Waals surface area contributed by atoms with Gasteiger partial charge in [0.1, 0.15) is 18.0 Å². The second-order valence-corrected chi connectivity index (χ2v) is 10.8.